The Kier molecular flexibility index (Phi) is 6.32. The van der Waals surface area contributed by atoms with Crippen molar-refractivity contribution in [2.45, 2.75) is 24.2 Å². The summed E-state index contributed by atoms with van der Waals surface area (Å²) in [6.45, 7) is 1.10. The molecule has 1 amide bonds. The Morgan fingerprint density at radius 2 is 1.68 bits per heavy atom. The number of para-hydroxylation sites is 2. The number of fused-ring (bicyclic) bond motifs is 1. The monoisotopic (exact) mass is 493 g/mol. The Labute approximate surface area is 202 Å². The van der Waals surface area contributed by atoms with E-state index in [1.165, 1.54) is 11.3 Å². The third-order valence-corrected chi connectivity index (χ3v) is 8.46. The van der Waals surface area contributed by atoms with Crippen molar-refractivity contribution in [1.29, 1.82) is 0 Å². The third kappa shape index (κ3) is 4.68. The van der Waals surface area contributed by atoms with E-state index in [0.717, 1.165) is 19.3 Å². The number of anilines is 1. The molecule has 0 saturated carbocycles. The fourth-order valence-electron chi connectivity index (χ4n) is 3.90. The normalized spacial score (nSPS) is 14.7. The van der Waals surface area contributed by atoms with E-state index in [1.54, 1.807) is 46.8 Å². The summed E-state index contributed by atoms with van der Waals surface area (Å²) < 4.78 is 34.2. The minimum atomic E-state index is -3.54. The summed E-state index contributed by atoms with van der Waals surface area (Å²) in [4.78, 5) is 17.7. The molecular weight excluding hydrogens is 470 g/mol. The molecule has 1 aliphatic rings. The van der Waals surface area contributed by atoms with Gasteiger partial charge in [-0.05, 0) is 55.3 Å². The van der Waals surface area contributed by atoms with Crippen LogP contribution in [0.4, 0.5) is 5.13 Å². The number of hydrogen-bond acceptors (Lipinski definition) is 6. The summed E-state index contributed by atoms with van der Waals surface area (Å²) in [5, 5.41) is 3.21. The van der Waals surface area contributed by atoms with Gasteiger partial charge in [-0.15, -0.1) is 0 Å². The molecular formula is C25H23N3O4S2. The summed E-state index contributed by atoms with van der Waals surface area (Å²) >= 11 is 1.24. The number of hydrogen-bond donors (Lipinski definition) is 1. The van der Waals surface area contributed by atoms with Gasteiger partial charge in [0.15, 0.2) is 5.13 Å². The minimum Gasteiger partial charge on any atom is -0.457 e. The van der Waals surface area contributed by atoms with Crippen LogP contribution in [0.1, 0.15) is 29.6 Å². The summed E-state index contributed by atoms with van der Waals surface area (Å²) in [6, 6.07) is 21.1. The molecule has 1 fully saturated rings. The first-order valence-electron chi connectivity index (χ1n) is 11.0. The van der Waals surface area contributed by atoms with Crippen LogP contribution >= 0.6 is 11.3 Å². The molecule has 9 heteroatoms. The number of sulfonamides is 1. The highest BCUT2D eigenvalue weighted by molar-refractivity contribution is 7.89. The zero-order valence-corrected chi connectivity index (χ0v) is 19.9. The van der Waals surface area contributed by atoms with Crippen LogP contribution < -0.4 is 10.1 Å². The summed E-state index contributed by atoms with van der Waals surface area (Å²) in [7, 11) is -3.54. The first-order chi connectivity index (χ1) is 16.5. The number of nitrogens with zero attached hydrogens (tertiary/aromatic N) is 2. The molecule has 0 bridgehead atoms. The molecule has 0 atom stereocenters. The molecule has 7 nitrogen and oxygen atoms in total. The second kappa shape index (κ2) is 9.54. The average molecular weight is 494 g/mol. The number of amides is 1. The lowest BCUT2D eigenvalue weighted by molar-refractivity contribution is 0.102. The lowest BCUT2D eigenvalue weighted by atomic mass is 10.2. The predicted octanol–water partition coefficient (Wildman–Crippen LogP) is 5.52. The molecule has 5 rings (SSSR count). The van der Waals surface area contributed by atoms with Crippen molar-refractivity contribution in [3.63, 3.8) is 0 Å². The maximum atomic E-state index is 13.0. The molecule has 1 aromatic heterocycles. The minimum absolute atomic E-state index is 0.255. The number of thiazole rings is 1. The maximum absolute atomic E-state index is 13.0. The van der Waals surface area contributed by atoms with Crippen LogP contribution in [0.2, 0.25) is 0 Å². The van der Waals surface area contributed by atoms with Gasteiger partial charge in [0.25, 0.3) is 5.91 Å². The first kappa shape index (κ1) is 22.5. The lowest BCUT2D eigenvalue weighted by Gasteiger charge is -2.25. The third-order valence-electron chi connectivity index (χ3n) is 5.64. The smallest absolute Gasteiger partial charge is 0.261 e. The molecule has 3 aromatic carbocycles. The van der Waals surface area contributed by atoms with Crippen molar-refractivity contribution in [3.8, 4) is 11.5 Å². The van der Waals surface area contributed by atoms with Gasteiger partial charge in [0.05, 0.1) is 20.7 Å². The zero-order valence-electron chi connectivity index (χ0n) is 18.3. The van der Waals surface area contributed by atoms with Gasteiger partial charge in [-0.3, -0.25) is 10.1 Å². The molecule has 1 aliphatic heterocycles. The van der Waals surface area contributed by atoms with Crippen molar-refractivity contribution >= 4 is 42.6 Å². The van der Waals surface area contributed by atoms with E-state index >= 15 is 0 Å². The molecule has 174 valence electrons. The molecule has 4 aromatic rings. The van der Waals surface area contributed by atoms with Gasteiger partial charge in [-0.1, -0.05) is 48.1 Å². The van der Waals surface area contributed by atoms with Crippen LogP contribution in [-0.4, -0.2) is 36.7 Å². The Morgan fingerprint density at radius 3 is 2.47 bits per heavy atom. The molecule has 2 heterocycles. The summed E-state index contributed by atoms with van der Waals surface area (Å²) in [6.07, 6.45) is 2.82. The number of carbonyl (C=O) groups excluding carboxylic acids is 1. The van der Waals surface area contributed by atoms with Gasteiger partial charge in [0.2, 0.25) is 10.0 Å². The van der Waals surface area contributed by atoms with Gasteiger partial charge in [-0.2, -0.15) is 4.31 Å². The molecule has 1 N–H and O–H groups in total. The van der Waals surface area contributed by atoms with Gasteiger partial charge >= 0.3 is 0 Å². The van der Waals surface area contributed by atoms with E-state index < -0.39 is 10.0 Å². The van der Waals surface area contributed by atoms with Crippen molar-refractivity contribution in [3.05, 3.63) is 78.4 Å². The molecule has 34 heavy (non-hydrogen) atoms. The van der Waals surface area contributed by atoms with Crippen molar-refractivity contribution in [2.24, 2.45) is 0 Å². The van der Waals surface area contributed by atoms with Gasteiger partial charge < -0.3 is 4.74 Å². The van der Waals surface area contributed by atoms with Crippen LogP contribution in [0.3, 0.4) is 0 Å². The summed E-state index contributed by atoms with van der Waals surface area (Å²) in [5.74, 6) is 0.708. The highest BCUT2D eigenvalue weighted by Crippen LogP contribution is 2.31. The lowest BCUT2D eigenvalue weighted by Crippen LogP contribution is -2.35. The predicted molar refractivity (Wildman–Crippen MR) is 133 cm³/mol. The van der Waals surface area contributed by atoms with E-state index in [0.29, 0.717) is 45.5 Å². The quantitative estimate of drug-likeness (QED) is 0.382. The van der Waals surface area contributed by atoms with Crippen LogP contribution in [0.5, 0.6) is 11.5 Å². The molecule has 0 aliphatic carbocycles. The fraction of sp³-hybridized carbons (Fsp3) is 0.200. The second-order valence-electron chi connectivity index (χ2n) is 7.98. The highest BCUT2D eigenvalue weighted by atomic mass is 32.2. The van der Waals surface area contributed by atoms with Gasteiger partial charge in [-0.25, -0.2) is 13.4 Å². The van der Waals surface area contributed by atoms with E-state index in [1.807, 2.05) is 30.3 Å². The Morgan fingerprint density at radius 1 is 0.941 bits per heavy atom. The van der Waals surface area contributed by atoms with Crippen LogP contribution in [0, 0.1) is 0 Å². The van der Waals surface area contributed by atoms with Crippen LogP contribution in [-0.2, 0) is 10.0 Å². The second-order valence-corrected chi connectivity index (χ2v) is 10.9. The van der Waals surface area contributed by atoms with Gasteiger partial charge in [0, 0.05) is 13.1 Å². The van der Waals surface area contributed by atoms with Crippen molar-refractivity contribution < 1.29 is 17.9 Å². The number of rotatable bonds is 6. The number of aromatic nitrogens is 1. The molecule has 0 radical (unpaired) electrons. The number of nitrogens with one attached hydrogen (secondary N) is 1. The molecule has 0 unspecified atom stereocenters. The van der Waals surface area contributed by atoms with Crippen molar-refractivity contribution in [1.82, 2.24) is 9.29 Å². The number of piperidine rings is 1. The van der Waals surface area contributed by atoms with Crippen molar-refractivity contribution in [2.75, 3.05) is 18.4 Å². The standard InChI is InChI=1S/C25H23N3O4S2/c29-24(20-11-5-6-12-22(20)32-18-9-3-1-4-10-18)27-25-26-21-14-13-19(17-23(21)33-25)34(30,31)28-15-7-2-8-16-28/h1,3-6,9-14,17H,2,7-8,15-16H2,(H,26,27,29). The fourth-order valence-corrected chi connectivity index (χ4v) is 6.41. The highest BCUT2D eigenvalue weighted by Gasteiger charge is 2.26. The van der Waals surface area contributed by atoms with E-state index in [2.05, 4.69) is 10.3 Å². The number of benzene rings is 3. The Bertz CT molecular complexity index is 1430. The average Bonchev–Trinajstić information content (AvgIpc) is 3.27. The van der Waals surface area contributed by atoms with Crippen LogP contribution in [0.25, 0.3) is 10.2 Å². The summed E-state index contributed by atoms with van der Waals surface area (Å²) in [5.41, 5.74) is 1.01. The Hall–Kier alpha value is -3.27. The van der Waals surface area contributed by atoms with E-state index in [-0.39, 0.29) is 10.8 Å². The number of carbonyl (C=O) groups is 1. The van der Waals surface area contributed by atoms with Gasteiger partial charge in [0.1, 0.15) is 11.5 Å². The largest absolute Gasteiger partial charge is 0.457 e. The van der Waals surface area contributed by atoms with E-state index in [4.69, 9.17) is 4.74 Å². The Balaban J connectivity index is 1.37. The zero-order chi connectivity index (χ0) is 23.5. The van der Waals surface area contributed by atoms with Crippen LogP contribution in [0.15, 0.2) is 77.7 Å². The SMILES string of the molecule is O=C(Nc1nc2ccc(S(=O)(=O)N3CCCCC3)cc2s1)c1ccccc1Oc1ccccc1. The topological polar surface area (TPSA) is 88.6 Å². The molecule has 1 saturated heterocycles. The van der Waals surface area contributed by atoms with E-state index in [9.17, 15) is 13.2 Å². The maximum Gasteiger partial charge on any atom is 0.261 e. The number of ether oxygens (including phenoxy) is 1. The molecule has 0 spiro atoms. The first-order valence-corrected chi connectivity index (χ1v) is 13.3.